The quantitative estimate of drug-likeness (QED) is 0.830. The number of hydrogen-bond acceptors (Lipinski definition) is 8. The molecule has 1 amide bonds. The second-order valence-electron chi connectivity index (χ2n) is 6.96. The van der Waals surface area contributed by atoms with E-state index < -0.39 is 12.2 Å². The molecule has 1 N–H and O–H groups in total. The number of nitrogens with one attached hydrogen (secondary N) is 1. The van der Waals surface area contributed by atoms with Gasteiger partial charge < -0.3 is 19.7 Å². The first-order valence-electron chi connectivity index (χ1n) is 8.85. The molecule has 3 aliphatic rings. The van der Waals surface area contributed by atoms with Crippen LogP contribution < -0.4 is 19.9 Å². The first-order valence-corrected chi connectivity index (χ1v) is 9.58. The molecule has 2 bridgehead atoms. The molecule has 3 saturated heterocycles. The summed E-state index contributed by atoms with van der Waals surface area (Å²) < 4.78 is 33.3. The number of rotatable bonds is 5. The third kappa shape index (κ3) is 3.08. The normalized spacial score (nSPS) is 26.7. The summed E-state index contributed by atoms with van der Waals surface area (Å²) in [6, 6.07) is 5.71. The van der Waals surface area contributed by atoms with Crippen molar-refractivity contribution >= 4 is 29.2 Å². The number of ether oxygens (including phenoxy) is 2. The lowest BCUT2D eigenvalue weighted by Crippen LogP contribution is -2.44. The van der Waals surface area contributed by atoms with Crippen molar-refractivity contribution in [3.05, 3.63) is 30.2 Å². The van der Waals surface area contributed by atoms with Gasteiger partial charge in [-0.25, -0.2) is 9.18 Å². The highest BCUT2D eigenvalue weighted by Gasteiger charge is 2.39. The Hall–Kier alpha value is -2.46. The van der Waals surface area contributed by atoms with Crippen LogP contribution in [0.4, 0.5) is 20.6 Å². The van der Waals surface area contributed by atoms with E-state index in [-0.39, 0.29) is 12.4 Å². The molecule has 142 valence electrons. The monoisotopic (exact) mass is 391 g/mol. The van der Waals surface area contributed by atoms with E-state index in [1.54, 1.807) is 12.1 Å². The summed E-state index contributed by atoms with van der Waals surface area (Å²) in [5.41, 5.74) is 1.08. The van der Waals surface area contributed by atoms with Crippen molar-refractivity contribution in [3.8, 4) is 5.88 Å². The molecule has 1 aromatic heterocycles. The molecule has 27 heavy (non-hydrogen) atoms. The zero-order valence-electron chi connectivity index (χ0n) is 14.4. The molecule has 8 nitrogen and oxygen atoms in total. The predicted molar refractivity (Wildman–Crippen MR) is 97.0 cm³/mol. The second-order valence-corrected chi connectivity index (χ2v) is 7.51. The van der Waals surface area contributed by atoms with Gasteiger partial charge >= 0.3 is 6.09 Å². The van der Waals surface area contributed by atoms with Gasteiger partial charge in [0.05, 0.1) is 29.6 Å². The summed E-state index contributed by atoms with van der Waals surface area (Å²) in [5.74, 6) is 0.0837. The number of carbonyl (C=O) groups excluding carboxylic acids is 1. The van der Waals surface area contributed by atoms with E-state index in [1.165, 1.54) is 17.2 Å². The number of anilines is 2. The number of piperazine rings is 1. The first-order chi connectivity index (χ1) is 13.2. The van der Waals surface area contributed by atoms with Gasteiger partial charge in [0, 0.05) is 25.2 Å². The van der Waals surface area contributed by atoms with E-state index in [9.17, 15) is 9.18 Å². The average molecular weight is 391 g/mol. The fraction of sp³-hybridized carbons (Fsp3) is 0.471. The van der Waals surface area contributed by atoms with Gasteiger partial charge in [-0.05, 0) is 24.6 Å². The van der Waals surface area contributed by atoms with Gasteiger partial charge in [0.1, 0.15) is 18.6 Å². The van der Waals surface area contributed by atoms with E-state index in [4.69, 9.17) is 9.47 Å². The Morgan fingerprint density at radius 2 is 2.33 bits per heavy atom. The highest BCUT2D eigenvalue weighted by molar-refractivity contribution is 6.99. The van der Waals surface area contributed by atoms with E-state index in [2.05, 4.69) is 19.0 Å². The van der Waals surface area contributed by atoms with Crippen LogP contribution in [-0.4, -0.2) is 59.3 Å². The molecule has 3 fully saturated rings. The lowest BCUT2D eigenvalue weighted by molar-refractivity contribution is 0.103. The van der Waals surface area contributed by atoms with Gasteiger partial charge in [-0.2, -0.15) is 4.37 Å². The van der Waals surface area contributed by atoms with Crippen LogP contribution in [0.2, 0.25) is 0 Å². The Labute approximate surface area is 159 Å². The zero-order chi connectivity index (χ0) is 18.4. The van der Waals surface area contributed by atoms with Gasteiger partial charge in [-0.15, -0.1) is 4.37 Å². The topological polar surface area (TPSA) is 79.8 Å². The predicted octanol–water partition coefficient (Wildman–Crippen LogP) is 1.63. The third-order valence-corrected chi connectivity index (χ3v) is 5.70. The zero-order valence-corrected chi connectivity index (χ0v) is 15.2. The van der Waals surface area contributed by atoms with Crippen LogP contribution in [0.5, 0.6) is 5.88 Å². The minimum absolute atomic E-state index is 0.179. The van der Waals surface area contributed by atoms with E-state index in [0.29, 0.717) is 35.9 Å². The lowest BCUT2D eigenvalue weighted by Gasteiger charge is -2.30. The van der Waals surface area contributed by atoms with Crippen LogP contribution in [-0.2, 0) is 4.74 Å². The maximum absolute atomic E-state index is 14.8. The van der Waals surface area contributed by atoms with E-state index in [0.717, 1.165) is 31.2 Å². The average Bonchev–Trinajstić information content (AvgIpc) is 3.44. The molecule has 3 aliphatic heterocycles. The Balaban J connectivity index is 1.27. The largest absolute Gasteiger partial charge is 0.472 e. The number of amides is 1. The Morgan fingerprint density at radius 3 is 3.04 bits per heavy atom. The molecular formula is C17H18FN5O3S. The summed E-state index contributed by atoms with van der Waals surface area (Å²) in [5, 5.41) is 3.41. The minimum Gasteiger partial charge on any atom is -0.472 e. The number of halogens is 1. The molecule has 0 saturated carbocycles. The summed E-state index contributed by atoms with van der Waals surface area (Å²) >= 11 is 1.04. The number of cyclic esters (lactones) is 1. The fourth-order valence-corrected chi connectivity index (χ4v) is 4.33. The fourth-order valence-electron chi connectivity index (χ4n) is 3.97. The number of carbonyl (C=O) groups is 1. The third-order valence-electron chi connectivity index (χ3n) is 5.24. The van der Waals surface area contributed by atoms with Gasteiger partial charge in [0.15, 0.2) is 6.10 Å². The van der Waals surface area contributed by atoms with Crippen molar-refractivity contribution in [2.24, 2.45) is 0 Å². The van der Waals surface area contributed by atoms with E-state index in [1.807, 2.05) is 0 Å². The van der Waals surface area contributed by atoms with E-state index >= 15 is 0 Å². The second kappa shape index (κ2) is 6.61. The molecule has 0 spiro atoms. The summed E-state index contributed by atoms with van der Waals surface area (Å²) in [6.45, 7) is 2.18. The number of nitrogens with zero attached hydrogens (tertiary/aromatic N) is 4. The van der Waals surface area contributed by atoms with Crippen molar-refractivity contribution in [1.82, 2.24) is 14.1 Å². The number of aromatic nitrogens is 2. The van der Waals surface area contributed by atoms with Crippen LogP contribution >= 0.6 is 11.7 Å². The summed E-state index contributed by atoms with van der Waals surface area (Å²) in [6.07, 6.45) is 1.61. The molecule has 4 heterocycles. The Bertz CT molecular complexity index is 851. The van der Waals surface area contributed by atoms with Crippen molar-refractivity contribution in [2.75, 3.05) is 36.0 Å². The van der Waals surface area contributed by atoms with Crippen molar-refractivity contribution in [3.63, 3.8) is 0 Å². The highest BCUT2D eigenvalue weighted by atomic mass is 32.1. The smallest absolute Gasteiger partial charge is 0.414 e. The number of fused-ring (bicyclic) bond motifs is 2. The lowest BCUT2D eigenvalue weighted by atomic mass is 10.2. The molecule has 0 radical (unpaired) electrons. The van der Waals surface area contributed by atoms with Gasteiger partial charge in [-0.3, -0.25) is 4.90 Å². The summed E-state index contributed by atoms with van der Waals surface area (Å²) in [7, 11) is 0. The molecule has 0 aliphatic carbocycles. The van der Waals surface area contributed by atoms with Gasteiger partial charge in [-0.1, -0.05) is 0 Å². The van der Waals surface area contributed by atoms with Crippen LogP contribution in [0.25, 0.3) is 0 Å². The molecule has 2 unspecified atom stereocenters. The van der Waals surface area contributed by atoms with Crippen LogP contribution in [0, 0.1) is 5.82 Å². The van der Waals surface area contributed by atoms with Crippen molar-refractivity contribution in [2.45, 2.75) is 24.6 Å². The van der Waals surface area contributed by atoms with Gasteiger partial charge in [0.2, 0.25) is 5.88 Å². The Kier molecular flexibility index (Phi) is 4.09. The first kappa shape index (κ1) is 16.7. The van der Waals surface area contributed by atoms with Gasteiger partial charge in [0.25, 0.3) is 0 Å². The molecule has 2 aromatic rings. The molecule has 10 heteroatoms. The van der Waals surface area contributed by atoms with Crippen molar-refractivity contribution in [1.29, 1.82) is 0 Å². The molecule has 3 atom stereocenters. The standard InChI is InChI=1S/C17H18FN5O3S/c18-14-4-11(1-2-15(14)22-7-10-3-12(22)5-19-10)23-8-13(26-17(23)24)9-25-16-6-20-27-21-16/h1-2,4,6,10,12-13,19H,3,5,7-9H2/t10?,12?,13-/m1/s1. The summed E-state index contributed by atoms with van der Waals surface area (Å²) in [4.78, 5) is 15.7. The molecule has 1 aromatic carbocycles. The Morgan fingerprint density at radius 1 is 1.41 bits per heavy atom. The SMILES string of the molecule is O=C1O[C@@H](COc2cnsn2)CN1c1ccc(N2CC3CC2CN3)c(F)c1. The number of benzene rings is 1. The van der Waals surface area contributed by atoms with Crippen LogP contribution in [0.15, 0.2) is 24.4 Å². The maximum atomic E-state index is 14.8. The van der Waals surface area contributed by atoms with Crippen molar-refractivity contribution < 1.29 is 18.7 Å². The number of hydrogen-bond donors (Lipinski definition) is 1. The van der Waals surface area contributed by atoms with Crippen LogP contribution in [0.1, 0.15) is 6.42 Å². The molecule has 5 rings (SSSR count). The molecular weight excluding hydrogens is 373 g/mol. The maximum Gasteiger partial charge on any atom is 0.414 e. The highest BCUT2D eigenvalue weighted by Crippen LogP contribution is 2.33. The minimum atomic E-state index is -0.503. The van der Waals surface area contributed by atoms with Crippen LogP contribution in [0.3, 0.4) is 0 Å².